The number of rotatable bonds is 2. The molecule has 0 bridgehead atoms. The number of hydrogen-bond acceptors (Lipinski definition) is 4. The first-order chi connectivity index (χ1) is 12.1. The Balaban J connectivity index is 1.85. The van der Waals surface area contributed by atoms with E-state index in [9.17, 15) is 19.8 Å². The Bertz CT molecular complexity index is 1020. The number of fused-ring (bicyclic) bond motifs is 2. The molecule has 122 valence electrons. The highest BCUT2D eigenvalue weighted by atomic mass is 16.3. The molecule has 0 amide bonds. The van der Waals surface area contributed by atoms with Crippen molar-refractivity contribution in [3.8, 4) is 11.5 Å². The van der Waals surface area contributed by atoms with Crippen molar-refractivity contribution < 1.29 is 19.8 Å². The molecule has 0 saturated heterocycles. The van der Waals surface area contributed by atoms with Crippen molar-refractivity contribution in [3.63, 3.8) is 0 Å². The Kier molecular flexibility index (Phi) is 3.39. The third-order valence-corrected chi connectivity index (χ3v) is 4.41. The quantitative estimate of drug-likeness (QED) is 0.590. The molecule has 0 aliphatic heterocycles. The van der Waals surface area contributed by atoms with E-state index < -0.39 is 5.78 Å². The third kappa shape index (κ3) is 2.39. The number of phenols is 2. The predicted octanol–water partition coefficient (Wildman–Crippen LogP) is 3.46. The number of benzene rings is 3. The summed E-state index contributed by atoms with van der Waals surface area (Å²) in [6.07, 6.45) is 0.538. The summed E-state index contributed by atoms with van der Waals surface area (Å²) in [6.45, 7) is 0. The average Bonchev–Trinajstić information content (AvgIpc) is 2.60. The van der Waals surface area contributed by atoms with Crippen molar-refractivity contribution in [2.24, 2.45) is 0 Å². The van der Waals surface area contributed by atoms with E-state index in [1.165, 1.54) is 24.3 Å². The normalized spacial score (nSPS) is 12.6. The third-order valence-electron chi connectivity index (χ3n) is 4.41. The zero-order chi connectivity index (χ0) is 17.6. The SMILES string of the molecule is O=C1c2cccc(O)c2C(=O)c2c(O)cc(Cc3ccccc3)cc21. The summed E-state index contributed by atoms with van der Waals surface area (Å²) in [6, 6.07) is 17.2. The van der Waals surface area contributed by atoms with Gasteiger partial charge in [0.2, 0.25) is 5.78 Å². The first-order valence-corrected chi connectivity index (χ1v) is 7.87. The summed E-state index contributed by atoms with van der Waals surface area (Å²) in [5, 5.41) is 20.3. The number of aromatic hydroxyl groups is 2. The maximum absolute atomic E-state index is 12.8. The monoisotopic (exact) mass is 330 g/mol. The molecule has 3 aromatic carbocycles. The van der Waals surface area contributed by atoms with Gasteiger partial charge < -0.3 is 10.2 Å². The molecule has 0 radical (unpaired) electrons. The molecule has 4 heteroatoms. The zero-order valence-electron chi connectivity index (χ0n) is 13.2. The summed E-state index contributed by atoms with van der Waals surface area (Å²) < 4.78 is 0. The van der Waals surface area contributed by atoms with E-state index in [4.69, 9.17) is 0 Å². The van der Waals surface area contributed by atoms with Gasteiger partial charge in [0, 0.05) is 11.1 Å². The lowest BCUT2D eigenvalue weighted by Crippen LogP contribution is -2.21. The van der Waals surface area contributed by atoms with Gasteiger partial charge in [0.1, 0.15) is 11.5 Å². The Hall–Kier alpha value is -3.40. The van der Waals surface area contributed by atoms with Crippen LogP contribution in [0.2, 0.25) is 0 Å². The van der Waals surface area contributed by atoms with E-state index in [-0.39, 0.29) is 39.5 Å². The number of carbonyl (C=O) groups is 2. The van der Waals surface area contributed by atoms with Gasteiger partial charge in [0.05, 0.1) is 11.1 Å². The van der Waals surface area contributed by atoms with Gasteiger partial charge in [0.15, 0.2) is 5.78 Å². The Morgan fingerprint density at radius 1 is 0.640 bits per heavy atom. The van der Waals surface area contributed by atoms with Crippen molar-refractivity contribution in [1.29, 1.82) is 0 Å². The molecule has 0 heterocycles. The van der Waals surface area contributed by atoms with Crippen LogP contribution in [0.5, 0.6) is 11.5 Å². The van der Waals surface area contributed by atoms with Crippen LogP contribution in [0.15, 0.2) is 60.7 Å². The Morgan fingerprint density at radius 2 is 1.36 bits per heavy atom. The Labute approximate surface area is 144 Å². The Morgan fingerprint density at radius 3 is 2.12 bits per heavy atom. The number of phenolic OH excluding ortho intramolecular Hbond substituents is 2. The molecule has 25 heavy (non-hydrogen) atoms. The first kappa shape index (κ1) is 15.1. The predicted molar refractivity (Wildman–Crippen MR) is 92.3 cm³/mol. The lowest BCUT2D eigenvalue weighted by molar-refractivity contribution is 0.0974. The maximum Gasteiger partial charge on any atom is 0.201 e. The van der Waals surface area contributed by atoms with Crippen molar-refractivity contribution in [1.82, 2.24) is 0 Å². The van der Waals surface area contributed by atoms with E-state index >= 15 is 0 Å². The summed E-state index contributed by atoms with van der Waals surface area (Å²) >= 11 is 0. The minimum absolute atomic E-state index is 0.0455. The van der Waals surface area contributed by atoms with Gasteiger partial charge in [-0.3, -0.25) is 9.59 Å². The first-order valence-electron chi connectivity index (χ1n) is 7.87. The van der Waals surface area contributed by atoms with Crippen LogP contribution in [0.3, 0.4) is 0 Å². The van der Waals surface area contributed by atoms with Crippen LogP contribution in [0, 0.1) is 0 Å². The second kappa shape index (κ2) is 5.60. The van der Waals surface area contributed by atoms with Crippen LogP contribution in [0.25, 0.3) is 0 Å². The summed E-state index contributed by atoms with van der Waals surface area (Å²) in [7, 11) is 0. The molecule has 0 fully saturated rings. The molecule has 3 aromatic rings. The molecular weight excluding hydrogens is 316 g/mol. The fraction of sp³-hybridized carbons (Fsp3) is 0.0476. The molecule has 0 aromatic heterocycles. The van der Waals surface area contributed by atoms with Crippen molar-refractivity contribution in [2.45, 2.75) is 6.42 Å². The lowest BCUT2D eigenvalue weighted by atomic mass is 9.82. The molecular formula is C21H14O4. The van der Waals surface area contributed by atoms with Gasteiger partial charge in [-0.25, -0.2) is 0 Å². The molecule has 0 unspecified atom stereocenters. The van der Waals surface area contributed by atoms with Gasteiger partial charge in [-0.1, -0.05) is 42.5 Å². The second-order valence-corrected chi connectivity index (χ2v) is 6.06. The molecule has 1 aliphatic carbocycles. The summed E-state index contributed by atoms with van der Waals surface area (Å²) in [5.74, 6) is -1.40. The molecule has 4 nitrogen and oxygen atoms in total. The molecule has 0 atom stereocenters. The lowest BCUT2D eigenvalue weighted by Gasteiger charge is -2.20. The van der Waals surface area contributed by atoms with Gasteiger partial charge in [-0.2, -0.15) is 0 Å². The standard InChI is InChI=1S/C21H14O4/c22-16-8-4-7-14-18(16)21(25)19-15(20(14)24)10-13(11-17(19)23)9-12-5-2-1-3-6-12/h1-8,10-11,22-23H,9H2. The fourth-order valence-corrected chi connectivity index (χ4v) is 3.27. The fourth-order valence-electron chi connectivity index (χ4n) is 3.27. The summed E-state index contributed by atoms with van der Waals surface area (Å²) in [4.78, 5) is 25.5. The van der Waals surface area contributed by atoms with Crippen molar-refractivity contribution in [3.05, 3.63) is 94.0 Å². The van der Waals surface area contributed by atoms with Crippen LogP contribution >= 0.6 is 0 Å². The van der Waals surface area contributed by atoms with E-state index in [0.29, 0.717) is 6.42 Å². The molecule has 1 aliphatic rings. The largest absolute Gasteiger partial charge is 0.507 e. The highest BCUT2D eigenvalue weighted by molar-refractivity contribution is 6.30. The van der Waals surface area contributed by atoms with Crippen LogP contribution in [0.4, 0.5) is 0 Å². The van der Waals surface area contributed by atoms with Gasteiger partial charge >= 0.3 is 0 Å². The van der Waals surface area contributed by atoms with Crippen LogP contribution < -0.4 is 0 Å². The van der Waals surface area contributed by atoms with E-state index in [0.717, 1.165) is 11.1 Å². The smallest absolute Gasteiger partial charge is 0.201 e. The number of ketones is 2. The van der Waals surface area contributed by atoms with E-state index in [2.05, 4.69) is 0 Å². The molecule has 0 saturated carbocycles. The van der Waals surface area contributed by atoms with Gasteiger partial charge in [-0.15, -0.1) is 0 Å². The van der Waals surface area contributed by atoms with Crippen molar-refractivity contribution in [2.75, 3.05) is 0 Å². The minimum atomic E-state index is -0.536. The van der Waals surface area contributed by atoms with E-state index in [1.807, 2.05) is 30.3 Å². The van der Waals surface area contributed by atoms with Crippen LogP contribution in [-0.4, -0.2) is 21.8 Å². The van der Waals surface area contributed by atoms with Crippen LogP contribution in [-0.2, 0) is 6.42 Å². The van der Waals surface area contributed by atoms with Crippen LogP contribution in [0.1, 0.15) is 43.0 Å². The highest BCUT2D eigenvalue weighted by Gasteiger charge is 2.34. The minimum Gasteiger partial charge on any atom is -0.507 e. The number of hydrogen-bond donors (Lipinski definition) is 2. The van der Waals surface area contributed by atoms with E-state index in [1.54, 1.807) is 6.07 Å². The van der Waals surface area contributed by atoms with Gasteiger partial charge in [0.25, 0.3) is 0 Å². The molecule has 0 spiro atoms. The second-order valence-electron chi connectivity index (χ2n) is 6.06. The average molecular weight is 330 g/mol. The summed E-state index contributed by atoms with van der Waals surface area (Å²) in [5.41, 5.74) is 2.02. The van der Waals surface area contributed by atoms with Crippen molar-refractivity contribution >= 4 is 11.6 Å². The molecule has 2 N–H and O–H groups in total. The number of carbonyl (C=O) groups excluding carboxylic acids is 2. The van der Waals surface area contributed by atoms with Gasteiger partial charge in [-0.05, 0) is 35.7 Å². The molecule has 4 rings (SSSR count). The highest BCUT2D eigenvalue weighted by Crippen LogP contribution is 2.37. The zero-order valence-corrected chi connectivity index (χ0v) is 13.2. The topological polar surface area (TPSA) is 74.6 Å². The maximum atomic E-state index is 12.8.